The average Bonchev–Trinajstić information content (AvgIpc) is 2.49. The molecule has 0 saturated carbocycles. The van der Waals surface area contributed by atoms with Gasteiger partial charge in [-0.25, -0.2) is 0 Å². The molecule has 0 aromatic heterocycles. The predicted molar refractivity (Wildman–Crippen MR) is 85.6 cm³/mol. The van der Waals surface area contributed by atoms with Gasteiger partial charge < -0.3 is 20.1 Å². The van der Waals surface area contributed by atoms with E-state index in [4.69, 9.17) is 15.2 Å². The number of benzene rings is 1. The second-order valence-electron chi connectivity index (χ2n) is 5.80. The molecule has 0 spiro atoms. The predicted octanol–water partition coefficient (Wildman–Crippen LogP) is 2.44. The molecule has 1 aromatic carbocycles. The van der Waals surface area contributed by atoms with Crippen LogP contribution in [-0.2, 0) is 4.74 Å². The van der Waals surface area contributed by atoms with E-state index in [2.05, 4.69) is 11.0 Å². The van der Waals surface area contributed by atoms with Crippen molar-refractivity contribution in [3.63, 3.8) is 0 Å². The lowest BCUT2D eigenvalue weighted by atomic mass is 9.97. The summed E-state index contributed by atoms with van der Waals surface area (Å²) in [6, 6.07) is 8.10. The lowest BCUT2D eigenvalue weighted by Gasteiger charge is -2.34. The van der Waals surface area contributed by atoms with Crippen LogP contribution >= 0.6 is 0 Å². The first-order chi connectivity index (χ1) is 10.2. The highest BCUT2D eigenvalue weighted by molar-refractivity contribution is 5.36. The first-order valence-electron chi connectivity index (χ1n) is 7.93. The number of methoxy groups -OCH3 is 1. The maximum absolute atomic E-state index is 6.42. The molecule has 4 nitrogen and oxygen atoms in total. The quantitative estimate of drug-likeness (QED) is 0.838. The van der Waals surface area contributed by atoms with E-state index in [0.717, 1.165) is 37.6 Å². The van der Waals surface area contributed by atoms with E-state index in [1.165, 1.54) is 12.8 Å². The Labute approximate surface area is 128 Å². The molecule has 2 unspecified atom stereocenters. The van der Waals surface area contributed by atoms with Gasteiger partial charge in [-0.15, -0.1) is 0 Å². The molecule has 2 N–H and O–H groups in total. The lowest BCUT2D eigenvalue weighted by Crippen LogP contribution is -2.41. The number of piperidine rings is 1. The highest BCUT2D eigenvalue weighted by Crippen LogP contribution is 2.26. The van der Waals surface area contributed by atoms with Crippen molar-refractivity contribution in [2.45, 2.75) is 25.8 Å². The van der Waals surface area contributed by atoms with Crippen LogP contribution in [-0.4, -0.2) is 44.9 Å². The van der Waals surface area contributed by atoms with Gasteiger partial charge in [0.25, 0.3) is 0 Å². The van der Waals surface area contributed by atoms with Crippen LogP contribution in [0.25, 0.3) is 0 Å². The maximum atomic E-state index is 6.42. The van der Waals surface area contributed by atoms with Gasteiger partial charge in [-0.2, -0.15) is 0 Å². The van der Waals surface area contributed by atoms with E-state index < -0.39 is 0 Å². The Balaban J connectivity index is 1.96. The highest BCUT2D eigenvalue weighted by atomic mass is 16.5. The summed E-state index contributed by atoms with van der Waals surface area (Å²) in [6.45, 7) is 6.61. The van der Waals surface area contributed by atoms with Crippen LogP contribution in [0.4, 0.5) is 0 Å². The van der Waals surface area contributed by atoms with Crippen molar-refractivity contribution in [3.8, 4) is 5.75 Å². The SMILES string of the molecule is CCOc1ccccc1C(N)CN1CCCC(COC)C1. The van der Waals surface area contributed by atoms with Crippen molar-refractivity contribution < 1.29 is 9.47 Å². The summed E-state index contributed by atoms with van der Waals surface area (Å²) in [5.74, 6) is 1.55. The third kappa shape index (κ3) is 4.70. The Hall–Kier alpha value is -1.10. The second kappa shape index (κ2) is 8.37. The topological polar surface area (TPSA) is 47.7 Å². The van der Waals surface area contributed by atoms with Gasteiger partial charge in [0.1, 0.15) is 5.75 Å². The zero-order valence-corrected chi connectivity index (χ0v) is 13.3. The van der Waals surface area contributed by atoms with Crippen LogP contribution in [0.2, 0.25) is 0 Å². The molecular weight excluding hydrogens is 264 g/mol. The smallest absolute Gasteiger partial charge is 0.124 e. The minimum atomic E-state index is -0.00551. The van der Waals surface area contributed by atoms with Gasteiger partial charge >= 0.3 is 0 Å². The van der Waals surface area contributed by atoms with Crippen molar-refractivity contribution in [3.05, 3.63) is 29.8 Å². The molecule has 1 fully saturated rings. The number of likely N-dealkylation sites (tertiary alicyclic amines) is 1. The molecule has 21 heavy (non-hydrogen) atoms. The first kappa shape index (κ1) is 16.3. The third-order valence-corrected chi connectivity index (χ3v) is 4.08. The molecule has 0 amide bonds. The average molecular weight is 292 g/mol. The molecular formula is C17H28N2O2. The standard InChI is InChI=1S/C17H28N2O2/c1-3-21-17-9-5-4-8-15(17)16(18)12-19-10-6-7-14(11-19)13-20-2/h4-5,8-9,14,16H,3,6-7,10-13,18H2,1-2H3. The number of nitrogens with zero attached hydrogens (tertiary/aromatic N) is 1. The van der Waals surface area contributed by atoms with Crippen molar-refractivity contribution in [1.29, 1.82) is 0 Å². The van der Waals surface area contributed by atoms with E-state index in [1.807, 2.05) is 25.1 Å². The molecule has 1 aliphatic heterocycles. The fourth-order valence-corrected chi connectivity index (χ4v) is 3.14. The largest absolute Gasteiger partial charge is 0.494 e. The molecule has 1 aliphatic rings. The fraction of sp³-hybridized carbons (Fsp3) is 0.647. The Morgan fingerprint density at radius 1 is 1.38 bits per heavy atom. The molecule has 4 heteroatoms. The lowest BCUT2D eigenvalue weighted by molar-refractivity contribution is 0.0876. The van der Waals surface area contributed by atoms with Crippen LogP contribution in [0, 0.1) is 5.92 Å². The van der Waals surface area contributed by atoms with E-state index in [-0.39, 0.29) is 6.04 Å². The molecule has 1 heterocycles. The summed E-state index contributed by atoms with van der Waals surface area (Å²) in [5, 5.41) is 0. The Morgan fingerprint density at radius 2 is 2.19 bits per heavy atom. The van der Waals surface area contributed by atoms with E-state index >= 15 is 0 Å². The number of hydrogen-bond acceptors (Lipinski definition) is 4. The van der Waals surface area contributed by atoms with Gasteiger partial charge in [0.05, 0.1) is 13.2 Å². The zero-order valence-electron chi connectivity index (χ0n) is 13.3. The van der Waals surface area contributed by atoms with Gasteiger partial charge in [0, 0.05) is 31.8 Å². The van der Waals surface area contributed by atoms with Crippen LogP contribution < -0.4 is 10.5 Å². The monoisotopic (exact) mass is 292 g/mol. The summed E-state index contributed by atoms with van der Waals surface area (Å²) in [5.41, 5.74) is 7.53. The van der Waals surface area contributed by atoms with Crippen LogP contribution in [0.1, 0.15) is 31.4 Å². The molecule has 118 valence electrons. The van der Waals surface area contributed by atoms with Crippen molar-refractivity contribution in [2.75, 3.05) is 40.0 Å². The summed E-state index contributed by atoms with van der Waals surface area (Å²) in [7, 11) is 1.78. The Kier molecular flexibility index (Phi) is 6.49. The van der Waals surface area contributed by atoms with Crippen LogP contribution in [0.5, 0.6) is 5.75 Å². The number of nitrogens with two attached hydrogens (primary N) is 1. The summed E-state index contributed by atoms with van der Waals surface area (Å²) >= 11 is 0. The van der Waals surface area contributed by atoms with Gasteiger partial charge in [0.2, 0.25) is 0 Å². The van der Waals surface area contributed by atoms with E-state index in [0.29, 0.717) is 12.5 Å². The molecule has 1 aromatic rings. The van der Waals surface area contributed by atoms with Crippen molar-refractivity contribution in [1.82, 2.24) is 4.90 Å². The fourth-order valence-electron chi connectivity index (χ4n) is 3.14. The van der Waals surface area contributed by atoms with Crippen LogP contribution in [0.3, 0.4) is 0 Å². The molecule has 2 atom stereocenters. The van der Waals surface area contributed by atoms with E-state index in [1.54, 1.807) is 7.11 Å². The molecule has 0 radical (unpaired) electrons. The zero-order chi connectivity index (χ0) is 15.1. The summed E-state index contributed by atoms with van der Waals surface area (Å²) in [6.07, 6.45) is 2.49. The van der Waals surface area contributed by atoms with Crippen LogP contribution in [0.15, 0.2) is 24.3 Å². The molecule has 2 rings (SSSR count). The minimum absolute atomic E-state index is 0.00551. The number of ether oxygens (including phenoxy) is 2. The van der Waals surface area contributed by atoms with Gasteiger partial charge in [-0.1, -0.05) is 18.2 Å². The Morgan fingerprint density at radius 3 is 2.95 bits per heavy atom. The second-order valence-corrected chi connectivity index (χ2v) is 5.80. The van der Waals surface area contributed by atoms with Crippen molar-refractivity contribution in [2.24, 2.45) is 11.7 Å². The minimum Gasteiger partial charge on any atom is -0.494 e. The molecule has 1 saturated heterocycles. The number of para-hydroxylation sites is 1. The number of hydrogen-bond donors (Lipinski definition) is 1. The summed E-state index contributed by atoms with van der Waals surface area (Å²) < 4.78 is 11.0. The first-order valence-corrected chi connectivity index (χ1v) is 7.93. The normalized spacial score (nSPS) is 21.2. The summed E-state index contributed by atoms with van der Waals surface area (Å²) in [4.78, 5) is 2.46. The maximum Gasteiger partial charge on any atom is 0.124 e. The highest BCUT2D eigenvalue weighted by Gasteiger charge is 2.22. The van der Waals surface area contributed by atoms with Gasteiger partial charge in [-0.05, 0) is 38.3 Å². The number of rotatable bonds is 7. The Bertz CT molecular complexity index is 423. The third-order valence-electron chi connectivity index (χ3n) is 4.08. The van der Waals surface area contributed by atoms with Crippen molar-refractivity contribution >= 4 is 0 Å². The molecule has 0 bridgehead atoms. The van der Waals surface area contributed by atoms with Gasteiger partial charge in [0.15, 0.2) is 0 Å². The molecule has 0 aliphatic carbocycles. The van der Waals surface area contributed by atoms with Gasteiger partial charge in [-0.3, -0.25) is 0 Å². The van der Waals surface area contributed by atoms with E-state index in [9.17, 15) is 0 Å².